The Kier molecular flexibility index (Phi) is 2.78. The van der Waals surface area contributed by atoms with Crippen LogP contribution in [-0.4, -0.2) is 26.5 Å². The fourth-order valence-electron chi connectivity index (χ4n) is 2.92. The van der Waals surface area contributed by atoms with E-state index in [1.165, 1.54) is 0 Å². The molecule has 3 heterocycles. The molecule has 1 atom stereocenters. The van der Waals surface area contributed by atoms with Crippen molar-refractivity contribution in [2.45, 2.75) is 38.1 Å². The lowest BCUT2D eigenvalue weighted by molar-refractivity contribution is 0.338. The Balaban J connectivity index is 2.14. The number of aromatic amines is 2. The minimum absolute atomic E-state index is 0.0967. The monoisotopic (exact) mass is 262 g/mol. The lowest BCUT2D eigenvalue weighted by Crippen LogP contribution is -2.37. The quantitative estimate of drug-likeness (QED) is 0.647. The van der Waals surface area contributed by atoms with Crippen LogP contribution in [0.4, 0.5) is 5.95 Å². The maximum absolute atomic E-state index is 11.8. The highest BCUT2D eigenvalue weighted by atomic mass is 16.1. The highest BCUT2D eigenvalue weighted by Crippen LogP contribution is 2.33. The highest BCUT2D eigenvalue weighted by molar-refractivity contribution is 5.70. The van der Waals surface area contributed by atoms with Crippen molar-refractivity contribution >= 4 is 17.1 Å². The van der Waals surface area contributed by atoms with Crippen LogP contribution in [0.3, 0.4) is 0 Å². The summed E-state index contributed by atoms with van der Waals surface area (Å²) >= 11 is 0. The van der Waals surface area contributed by atoms with E-state index in [9.17, 15) is 4.79 Å². The molecule has 2 aromatic rings. The first-order chi connectivity index (χ1) is 9.14. The molecule has 19 heavy (non-hydrogen) atoms. The zero-order chi connectivity index (χ0) is 13.5. The molecule has 1 fully saturated rings. The van der Waals surface area contributed by atoms with Gasteiger partial charge < -0.3 is 16.0 Å². The molecule has 3 rings (SSSR count). The molecule has 7 heteroatoms. The fraction of sp³-hybridized carbons (Fsp3) is 0.583. The van der Waals surface area contributed by atoms with Crippen LogP contribution in [0.15, 0.2) is 4.79 Å². The summed E-state index contributed by atoms with van der Waals surface area (Å²) in [5.74, 6) is 0.893. The van der Waals surface area contributed by atoms with Gasteiger partial charge in [0.1, 0.15) is 5.82 Å². The molecule has 0 amide bonds. The molecule has 0 spiro atoms. The number of imidazole rings is 1. The first-order valence-corrected chi connectivity index (χ1v) is 6.65. The Bertz CT molecular complexity index is 652. The van der Waals surface area contributed by atoms with Crippen molar-refractivity contribution in [2.24, 2.45) is 0 Å². The SMILES string of the molecule is CCCC1(c2nc3nc(N)[nH]c(=O)c3[nH]2)CCCN1. The molecule has 7 nitrogen and oxygen atoms in total. The molecule has 1 saturated heterocycles. The predicted octanol–water partition coefficient (Wildman–Crippen LogP) is 0.607. The Labute approximate surface area is 110 Å². The van der Waals surface area contributed by atoms with Gasteiger partial charge in [0.2, 0.25) is 5.95 Å². The van der Waals surface area contributed by atoms with Crippen molar-refractivity contribution in [1.82, 2.24) is 25.3 Å². The number of nitrogen functional groups attached to an aromatic ring is 1. The van der Waals surface area contributed by atoms with Crippen LogP contribution in [0.5, 0.6) is 0 Å². The van der Waals surface area contributed by atoms with E-state index in [0.717, 1.165) is 38.1 Å². The molecule has 2 aromatic heterocycles. The second-order valence-corrected chi connectivity index (χ2v) is 5.10. The van der Waals surface area contributed by atoms with Gasteiger partial charge in [-0.15, -0.1) is 0 Å². The van der Waals surface area contributed by atoms with Gasteiger partial charge in [0.15, 0.2) is 11.2 Å². The minimum atomic E-state index is -0.272. The number of nitrogens with one attached hydrogen (secondary N) is 3. The summed E-state index contributed by atoms with van der Waals surface area (Å²) in [5, 5.41) is 3.52. The molecule has 1 aliphatic rings. The third-order valence-corrected chi connectivity index (χ3v) is 3.75. The number of hydrogen-bond acceptors (Lipinski definition) is 5. The van der Waals surface area contributed by atoms with E-state index < -0.39 is 0 Å². The molecule has 0 aliphatic carbocycles. The van der Waals surface area contributed by atoms with Crippen molar-refractivity contribution in [2.75, 3.05) is 12.3 Å². The summed E-state index contributed by atoms with van der Waals surface area (Å²) < 4.78 is 0. The Hall–Kier alpha value is -1.89. The first-order valence-electron chi connectivity index (χ1n) is 6.65. The van der Waals surface area contributed by atoms with Gasteiger partial charge in [-0.3, -0.25) is 9.78 Å². The van der Waals surface area contributed by atoms with E-state index in [2.05, 4.69) is 32.2 Å². The third kappa shape index (κ3) is 1.90. The number of nitrogens with two attached hydrogens (primary N) is 1. The molecule has 1 aliphatic heterocycles. The minimum Gasteiger partial charge on any atom is -0.369 e. The second kappa shape index (κ2) is 4.34. The summed E-state index contributed by atoms with van der Waals surface area (Å²) in [6.07, 6.45) is 4.17. The fourth-order valence-corrected chi connectivity index (χ4v) is 2.92. The number of aromatic nitrogens is 4. The summed E-state index contributed by atoms with van der Waals surface area (Å²) in [6.45, 7) is 3.12. The molecule has 1 unspecified atom stereocenters. The Morgan fingerprint density at radius 1 is 1.37 bits per heavy atom. The second-order valence-electron chi connectivity index (χ2n) is 5.10. The number of nitrogens with zero attached hydrogens (tertiary/aromatic N) is 2. The normalized spacial score (nSPS) is 23.2. The predicted molar refractivity (Wildman–Crippen MR) is 72.7 cm³/mol. The van der Waals surface area contributed by atoms with Crippen molar-refractivity contribution in [3.8, 4) is 0 Å². The van der Waals surface area contributed by atoms with Crippen LogP contribution in [0, 0.1) is 0 Å². The zero-order valence-electron chi connectivity index (χ0n) is 10.9. The van der Waals surface area contributed by atoms with E-state index in [1.807, 2.05) is 0 Å². The maximum Gasteiger partial charge on any atom is 0.278 e. The van der Waals surface area contributed by atoms with Gasteiger partial charge in [0, 0.05) is 0 Å². The van der Waals surface area contributed by atoms with E-state index in [1.54, 1.807) is 0 Å². The van der Waals surface area contributed by atoms with Crippen LogP contribution < -0.4 is 16.6 Å². The number of hydrogen-bond donors (Lipinski definition) is 4. The van der Waals surface area contributed by atoms with Crippen LogP contribution in [0.2, 0.25) is 0 Å². The number of fused-ring (bicyclic) bond motifs is 1. The van der Waals surface area contributed by atoms with Gasteiger partial charge in [0.05, 0.1) is 5.54 Å². The van der Waals surface area contributed by atoms with Gasteiger partial charge in [-0.2, -0.15) is 4.98 Å². The van der Waals surface area contributed by atoms with Gasteiger partial charge in [-0.05, 0) is 25.8 Å². The lowest BCUT2D eigenvalue weighted by atomic mass is 9.91. The van der Waals surface area contributed by atoms with Gasteiger partial charge in [0.25, 0.3) is 5.56 Å². The average molecular weight is 262 g/mol. The molecule has 0 bridgehead atoms. The smallest absolute Gasteiger partial charge is 0.278 e. The van der Waals surface area contributed by atoms with E-state index >= 15 is 0 Å². The van der Waals surface area contributed by atoms with E-state index in [4.69, 9.17) is 5.73 Å². The van der Waals surface area contributed by atoms with Crippen LogP contribution in [-0.2, 0) is 5.54 Å². The standard InChI is InChI=1S/C12H18N6O/c1-2-4-12(5-3-6-14-12)10-15-7-8(16-10)17-11(13)18-9(7)19/h14H,2-6H2,1H3,(H4,13,15,16,17,18,19). The van der Waals surface area contributed by atoms with Gasteiger partial charge in [-0.1, -0.05) is 13.3 Å². The molecule has 0 radical (unpaired) electrons. The lowest BCUT2D eigenvalue weighted by Gasteiger charge is -2.26. The van der Waals surface area contributed by atoms with Crippen LogP contribution in [0.25, 0.3) is 11.2 Å². The van der Waals surface area contributed by atoms with Gasteiger partial charge >= 0.3 is 0 Å². The Morgan fingerprint density at radius 2 is 2.21 bits per heavy atom. The number of rotatable bonds is 3. The van der Waals surface area contributed by atoms with E-state index in [-0.39, 0.29) is 17.0 Å². The summed E-state index contributed by atoms with van der Waals surface area (Å²) in [5.41, 5.74) is 5.90. The molecular weight excluding hydrogens is 244 g/mol. The van der Waals surface area contributed by atoms with Crippen LogP contribution >= 0.6 is 0 Å². The topological polar surface area (TPSA) is 112 Å². The molecule has 0 aromatic carbocycles. The molecule has 102 valence electrons. The highest BCUT2D eigenvalue weighted by Gasteiger charge is 2.37. The average Bonchev–Trinajstić information content (AvgIpc) is 2.96. The molecular formula is C12H18N6O. The van der Waals surface area contributed by atoms with Crippen LogP contribution in [0.1, 0.15) is 38.4 Å². The zero-order valence-corrected chi connectivity index (χ0v) is 10.9. The number of anilines is 1. The third-order valence-electron chi connectivity index (χ3n) is 3.75. The van der Waals surface area contributed by atoms with E-state index in [0.29, 0.717) is 11.2 Å². The number of H-pyrrole nitrogens is 2. The van der Waals surface area contributed by atoms with Crippen molar-refractivity contribution < 1.29 is 0 Å². The summed E-state index contributed by atoms with van der Waals surface area (Å²) in [6, 6.07) is 0. The molecule has 0 saturated carbocycles. The Morgan fingerprint density at radius 3 is 2.89 bits per heavy atom. The van der Waals surface area contributed by atoms with Crippen molar-refractivity contribution in [3.05, 3.63) is 16.2 Å². The van der Waals surface area contributed by atoms with Crippen molar-refractivity contribution in [1.29, 1.82) is 0 Å². The van der Waals surface area contributed by atoms with Crippen molar-refractivity contribution in [3.63, 3.8) is 0 Å². The summed E-state index contributed by atoms with van der Waals surface area (Å²) in [4.78, 5) is 26.0. The maximum atomic E-state index is 11.8. The van der Waals surface area contributed by atoms with Gasteiger partial charge in [-0.25, -0.2) is 4.98 Å². The summed E-state index contributed by atoms with van der Waals surface area (Å²) in [7, 11) is 0. The largest absolute Gasteiger partial charge is 0.369 e. The molecule has 5 N–H and O–H groups in total. The first kappa shape index (κ1) is 12.2.